The molecule has 0 bridgehead atoms. The molecule has 3 rings (SSSR count). The van der Waals surface area contributed by atoms with Crippen LogP contribution in [0.1, 0.15) is 12.8 Å². The highest BCUT2D eigenvalue weighted by Gasteiger charge is 2.52. The first-order chi connectivity index (χ1) is 8.49. The molecule has 1 saturated carbocycles. The van der Waals surface area contributed by atoms with Crippen LogP contribution in [-0.2, 0) is 0 Å². The molecule has 0 spiro atoms. The smallest absolute Gasteiger partial charge is 0.270 e. The van der Waals surface area contributed by atoms with Crippen LogP contribution in [0.25, 0.3) is 0 Å². The van der Waals surface area contributed by atoms with Crippen molar-refractivity contribution in [3.8, 4) is 0 Å². The highest BCUT2D eigenvalue weighted by Crippen LogP contribution is 2.46. The summed E-state index contributed by atoms with van der Waals surface area (Å²) in [5.41, 5.74) is 0.441. The molecule has 6 heteroatoms. The summed E-state index contributed by atoms with van der Waals surface area (Å²) in [5.74, 6) is 0.450. The summed E-state index contributed by atoms with van der Waals surface area (Å²) in [5, 5.41) is 20.9. The molecule has 1 aliphatic carbocycles. The van der Waals surface area contributed by atoms with E-state index in [1.165, 1.54) is 12.1 Å². The van der Waals surface area contributed by atoms with Gasteiger partial charge in [0.05, 0.1) is 10.6 Å². The van der Waals surface area contributed by atoms with Crippen LogP contribution in [0, 0.1) is 16.0 Å². The second kappa shape index (κ2) is 3.93. The Balaban J connectivity index is 1.76. The minimum absolute atomic E-state index is 0.0728. The minimum Gasteiger partial charge on any atom is -0.386 e. The fourth-order valence-electron chi connectivity index (χ4n) is 2.53. The van der Waals surface area contributed by atoms with Crippen molar-refractivity contribution in [2.24, 2.45) is 5.92 Å². The molecule has 1 aliphatic heterocycles. The van der Waals surface area contributed by atoms with Crippen LogP contribution in [0.15, 0.2) is 22.7 Å². The lowest BCUT2D eigenvalue weighted by Gasteiger charge is -2.48. The van der Waals surface area contributed by atoms with Gasteiger partial charge in [-0.3, -0.25) is 10.1 Å². The number of anilines is 1. The highest BCUT2D eigenvalue weighted by molar-refractivity contribution is 9.10. The Morgan fingerprint density at radius 3 is 2.61 bits per heavy atom. The lowest BCUT2D eigenvalue weighted by atomic mass is 9.88. The zero-order valence-corrected chi connectivity index (χ0v) is 11.3. The van der Waals surface area contributed by atoms with Crippen molar-refractivity contribution in [1.82, 2.24) is 0 Å². The number of nitro groups is 1. The standard InChI is InChI=1S/C12H13BrN2O3/c13-10-5-9(15(17)18)3-4-11(10)14-6-12(16,7-14)8-1-2-8/h3-5,8,16H,1-2,6-7H2. The first-order valence-corrected chi connectivity index (χ1v) is 6.70. The van der Waals surface area contributed by atoms with E-state index in [0.717, 1.165) is 18.5 Å². The number of halogens is 1. The van der Waals surface area contributed by atoms with Gasteiger partial charge in [-0.2, -0.15) is 0 Å². The highest BCUT2D eigenvalue weighted by atomic mass is 79.9. The van der Waals surface area contributed by atoms with Crippen molar-refractivity contribution in [3.63, 3.8) is 0 Å². The molecule has 1 N–H and O–H groups in total. The monoisotopic (exact) mass is 312 g/mol. The second-order valence-corrected chi connectivity index (χ2v) is 5.98. The largest absolute Gasteiger partial charge is 0.386 e. The van der Waals surface area contributed by atoms with E-state index < -0.39 is 10.5 Å². The van der Waals surface area contributed by atoms with Crippen molar-refractivity contribution in [3.05, 3.63) is 32.8 Å². The third kappa shape index (κ3) is 1.89. The molecule has 2 aliphatic rings. The number of hydrogen-bond acceptors (Lipinski definition) is 4. The van der Waals surface area contributed by atoms with Gasteiger partial charge in [-0.1, -0.05) is 0 Å². The van der Waals surface area contributed by atoms with Gasteiger partial charge < -0.3 is 10.0 Å². The van der Waals surface area contributed by atoms with E-state index in [1.807, 2.05) is 4.90 Å². The van der Waals surface area contributed by atoms with E-state index in [0.29, 0.717) is 23.5 Å². The van der Waals surface area contributed by atoms with Gasteiger partial charge in [0.15, 0.2) is 0 Å². The van der Waals surface area contributed by atoms with Crippen molar-refractivity contribution < 1.29 is 10.0 Å². The van der Waals surface area contributed by atoms with Crippen molar-refractivity contribution in [2.75, 3.05) is 18.0 Å². The summed E-state index contributed by atoms with van der Waals surface area (Å²) in [7, 11) is 0. The molecule has 1 aromatic carbocycles. The first kappa shape index (κ1) is 11.9. The molecule has 96 valence electrons. The molecule has 0 aromatic heterocycles. The van der Waals surface area contributed by atoms with E-state index in [1.54, 1.807) is 6.07 Å². The fourth-order valence-corrected chi connectivity index (χ4v) is 3.15. The van der Waals surface area contributed by atoms with Crippen LogP contribution in [-0.4, -0.2) is 28.7 Å². The number of nitro benzene ring substituents is 1. The number of aliphatic hydroxyl groups is 1. The summed E-state index contributed by atoms with van der Waals surface area (Å²) < 4.78 is 0.703. The summed E-state index contributed by atoms with van der Waals surface area (Å²) in [4.78, 5) is 12.3. The normalized spacial score (nSPS) is 21.6. The minimum atomic E-state index is -0.540. The van der Waals surface area contributed by atoms with Crippen LogP contribution in [0.2, 0.25) is 0 Å². The Hall–Kier alpha value is -1.14. The topological polar surface area (TPSA) is 66.6 Å². The van der Waals surface area contributed by atoms with Gasteiger partial charge in [0.2, 0.25) is 0 Å². The van der Waals surface area contributed by atoms with Gasteiger partial charge in [-0.05, 0) is 40.8 Å². The van der Waals surface area contributed by atoms with Gasteiger partial charge in [-0.25, -0.2) is 0 Å². The molecule has 5 nitrogen and oxygen atoms in total. The maximum Gasteiger partial charge on any atom is 0.270 e. The average molecular weight is 313 g/mol. The van der Waals surface area contributed by atoms with E-state index in [9.17, 15) is 15.2 Å². The zero-order chi connectivity index (χ0) is 12.9. The van der Waals surface area contributed by atoms with Gasteiger partial charge in [0.25, 0.3) is 5.69 Å². The summed E-state index contributed by atoms with van der Waals surface area (Å²) in [6, 6.07) is 4.73. The molecule has 2 fully saturated rings. The predicted octanol–water partition coefficient (Wildman–Crippen LogP) is 2.32. The molecular formula is C12H13BrN2O3. The van der Waals surface area contributed by atoms with E-state index in [-0.39, 0.29) is 5.69 Å². The Bertz CT molecular complexity index is 510. The van der Waals surface area contributed by atoms with Gasteiger partial charge in [0, 0.05) is 29.7 Å². The van der Waals surface area contributed by atoms with E-state index in [4.69, 9.17) is 0 Å². The number of hydrogen-bond donors (Lipinski definition) is 1. The predicted molar refractivity (Wildman–Crippen MR) is 70.7 cm³/mol. The molecule has 1 aromatic rings. The number of nitrogens with zero attached hydrogens (tertiary/aromatic N) is 2. The lowest BCUT2D eigenvalue weighted by Crippen LogP contribution is -2.63. The molecule has 0 unspecified atom stereocenters. The van der Waals surface area contributed by atoms with Gasteiger partial charge >= 0.3 is 0 Å². The molecule has 0 atom stereocenters. The van der Waals surface area contributed by atoms with E-state index >= 15 is 0 Å². The molecule has 0 amide bonds. The Kier molecular flexibility index (Phi) is 2.60. The van der Waals surface area contributed by atoms with Crippen LogP contribution in [0.4, 0.5) is 11.4 Å². The van der Waals surface area contributed by atoms with Crippen molar-refractivity contribution >= 4 is 27.3 Å². The van der Waals surface area contributed by atoms with Crippen molar-refractivity contribution in [1.29, 1.82) is 0 Å². The maximum absolute atomic E-state index is 10.6. The average Bonchev–Trinajstić information content (AvgIpc) is 3.09. The number of non-ortho nitro benzene ring substituents is 1. The van der Waals surface area contributed by atoms with Crippen LogP contribution in [0.5, 0.6) is 0 Å². The van der Waals surface area contributed by atoms with Crippen LogP contribution in [0.3, 0.4) is 0 Å². The molecule has 0 radical (unpaired) electrons. The first-order valence-electron chi connectivity index (χ1n) is 5.91. The molecule has 1 heterocycles. The second-order valence-electron chi connectivity index (χ2n) is 5.13. The van der Waals surface area contributed by atoms with Crippen LogP contribution >= 0.6 is 15.9 Å². The number of β-amino-alcohol motifs (C(OH)–C–C–N with tert-alkyl or cyclic N) is 1. The quantitative estimate of drug-likeness (QED) is 0.687. The zero-order valence-electron chi connectivity index (χ0n) is 9.67. The number of benzene rings is 1. The summed E-state index contributed by atoms with van der Waals surface area (Å²) in [6.45, 7) is 1.24. The van der Waals surface area contributed by atoms with Gasteiger partial charge in [0.1, 0.15) is 5.60 Å². The Labute approximate surface area is 113 Å². The lowest BCUT2D eigenvalue weighted by molar-refractivity contribution is -0.384. The third-order valence-electron chi connectivity index (χ3n) is 3.75. The fraction of sp³-hybridized carbons (Fsp3) is 0.500. The molecular weight excluding hydrogens is 300 g/mol. The summed E-state index contributed by atoms with van der Waals surface area (Å²) >= 11 is 3.35. The number of rotatable bonds is 3. The summed E-state index contributed by atoms with van der Waals surface area (Å²) in [6.07, 6.45) is 2.23. The van der Waals surface area contributed by atoms with Gasteiger partial charge in [-0.15, -0.1) is 0 Å². The molecule has 1 saturated heterocycles. The SMILES string of the molecule is O=[N+]([O-])c1ccc(N2CC(O)(C3CC3)C2)c(Br)c1. The molecule has 18 heavy (non-hydrogen) atoms. The third-order valence-corrected chi connectivity index (χ3v) is 4.38. The maximum atomic E-state index is 10.6. The van der Waals surface area contributed by atoms with Crippen molar-refractivity contribution in [2.45, 2.75) is 18.4 Å². The van der Waals surface area contributed by atoms with Crippen LogP contribution < -0.4 is 4.90 Å². The Morgan fingerprint density at radius 1 is 1.44 bits per heavy atom. The Morgan fingerprint density at radius 2 is 2.11 bits per heavy atom. The van der Waals surface area contributed by atoms with E-state index in [2.05, 4.69) is 15.9 Å².